The number of hydrogen-bond acceptors (Lipinski definition) is 3. The molecule has 0 radical (unpaired) electrons. The van der Waals surface area contributed by atoms with Gasteiger partial charge >= 0.3 is 0 Å². The molecule has 2 nitrogen and oxygen atoms in total. The predicted octanol–water partition coefficient (Wildman–Crippen LogP) is 3.21. The first-order chi connectivity index (χ1) is 7.83. The Balaban J connectivity index is 2.23. The number of thiophene rings is 1. The first-order valence-electron chi connectivity index (χ1n) is 5.43. The largest absolute Gasteiger partial charge is 0.312 e. The van der Waals surface area contributed by atoms with Crippen molar-refractivity contribution < 1.29 is 0 Å². The van der Waals surface area contributed by atoms with Gasteiger partial charge < -0.3 is 5.32 Å². The molecule has 2 atom stereocenters. The van der Waals surface area contributed by atoms with E-state index < -0.39 is 0 Å². The second-order valence-electron chi connectivity index (χ2n) is 3.85. The molecule has 0 amide bonds. The van der Waals surface area contributed by atoms with Crippen LogP contribution < -0.4 is 5.32 Å². The molecule has 2 unspecified atom stereocenters. The number of likely N-dealkylation sites (N-methyl/N-ethyl adjacent to an activating group) is 1. The normalized spacial score (nSPS) is 14.6. The smallest absolute Gasteiger partial charge is 0.0479 e. The second-order valence-corrected chi connectivity index (χ2v) is 4.83. The van der Waals surface area contributed by atoms with E-state index in [-0.39, 0.29) is 0 Å². The Morgan fingerprint density at radius 1 is 1.25 bits per heavy atom. The molecule has 2 rings (SSSR count). The van der Waals surface area contributed by atoms with Gasteiger partial charge in [-0.25, -0.2) is 0 Å². The zero-order chi connectivity index (χ0) is 11.4. The van der Waals surface area contributed by atoms with Gasteiger partial charge in [0.2, 0.25) is 0 Å². The summed E-state index contributed by atoms with van der Waals surface area (Å²) < 4.78 is 0. The van der Waals surface area contributed by atoms with Crippen LogP contribution >= 0.6 is 11.3 Å². The minimum Gasteiger partial charge on any atom is -0.312 e. The zero-order valence-corrected chi connectivity index (χ0v) is 10.4. The van der Waals surface area contributed by atoms with E-state index in [0.29, 0.717) is 12.0 Å². The van der Waals surface area contributed by atoms with Crippen LogP contribution in [0.5, 0.6) is 0 Å². The van der Waals surface area contributed by atoms with Gasteiger partial charge in [-0.3, -0.25) is 4.98 Å². The van der Waals surface area contributed by atoms with Crippen molar-refractivity contribution in [2.75, 3.05) is 7.05 Å². The van der Waals surface area contributed by atoms with E-state index in [4.69, 9.17) is 0 Å². The van der Waals surface area contributed by atoms with Gasteiger partial charge in [0.05, 0.1) is 0 Å². The number of pyridine rings is 1. The van der Waals surface area contributed by atoms with E-state index in [2.05, 4.69) is 46.9 Å². The monoisotopic (exact) mass is 232 g/mol. The average molecular weight is 232 g/mol. The van der Waals surface area contributed by atoms with Crippen LogP contribution in [0.25, 0.3) is 0 Å². The maximum Gasteiger partial charge on any atom is 0.0479 e. The molecule has 0 aliphatic heterocycles. The van der Waals surface area contributed by atoms with E-state index in [1.54, 1.807) is 11.3 Å². The molecular weight excluding hydrogens is 216 g/mol. The predicted molar refractivity (Wildman–Crippen MR) is 68.8 cm³/mol. The average Bonchev–Trinajstić information content (AvgIpc) is 2.85. The lowest BCUT2D eigenvalue weighted by atomic mass is 9.93. The van der Waals surface area contributed by atoms with Crippen molar-refractivity contribution >= 4 is 11.3 Å². The van der Waals surface area contributed by atoms with Crippen molar-refractivity contribution in [1.82, 2.24) is 10.3 Å². The molecule has 3 heteroatoms. The van der Waals surface area contributed by atoms with E-state index in [9.17, 15) is 0 Å². The molecule has 0 saturated heterocycles. The molecule has 0 fully saturated rings. The first kappa shape index (κ1) is 11.3. The lowest BCUT2D eigenvalue weighted by Crippen LogP contribution is -2.21. The molecule has 0 saturated carbocycles. The van der Waals surface area contributed by atoms with Crippen LogP contribution in [0.4, 0.5) is 0 Å². The van der Waals surface area contributed by atoms with Crippen molar-refractivity contribution in [3.05, 3.63) is 52.5 Å². The van der Waals surface area contributed by atoms with Gasteiger partial charge in [0.15, 0.2) is 0 Å². The van der Waals surface area contributed by atoms with Crippen LogP contribution in [-0.4, -0.2) is 12.0 Å². The maximum atomic E-state index is 4.06. The zero-order valence-electron chi connectivity index (χ0n) is 9.55. The van der Waals surface area contributed by atoms with Crippen LogP contribution in [0.1, 0.15) is 29.3 Å². The molecule has 2 aromatic heterocycles. The number of hydrogen-bond donors (Lipinski definition) is 1. The van der Waals surface area contributed by atoms with Crippen LogP contribution in [0.2, 0.25) is 0 Å². The quantitative estimate of drug-likeness (QED) is 0.875. The highest BCUT2D eigenvalue weighted by Gasteiger charge is 2.19. The highest BCUT2D eigenvalue weighted by atomic mass is 32.1. The summed E-state index contributed by atoms with van der Waals surface area (Å²) in [4.78, 5) is 5.44. The van der Waals surface area contributed by atoms with Gasteiger partial charge in [0.1, 0.15) is 0 Å². The van der Waals surface area contributed by atoms with E-state index in [1.165, 1.54) is 10.4 Å². The summed E-state index contributed by atoms with van der Waals surface area (Å²) in [5.74, 6) is 0.451. The summed E-state index contributed by atoms with van der Waals surface area (Å²) >= 11 is 1.80. The third-order valence-corrected chi connectivity index (χ3v) is 3.85. The van der Waals surface area contributed by atoms with Crippen LogP contribution in [0.15, 0.2) is 42.0 Å². The van der Waals surface area contributed by atoms with Crippen molar-refractivity contribution in [2.24, 2.45) is 0 Å². The lowest BCUT2D eigenvalue weighted by molar-refractivity contribution is 0.515. The van der Waals surface area contributed by atoms with E-state index in [0.717, 1.165) is 0 Å². The highest BCUT2D eigenvalue weighted by molar-refractivity contribution is 7.10. The number of nitrogens with zero attached hydrogens (tertiary/aromatic N) is 1. The van der Waals surface area contributed by atoms with Gasteiger partial charge in [-0.05, 0) is 36.2 Å². The fourth-order valence-electron chi connectivity index (χ4n) is 1.97. The number of nitrogens with one attached hydrogen (secondary N) is 1. The van der Waals surface area contributed by atoms with Crippen LogP contribution in [0, 0.1) is 0 Å². The summed E-state index contributed by atoms with van der Waals surface area (Å²) in [6, 6.07) is 8.83. The Bertz CT molecular complexity index is 411. The Labute approximate surface area is 100 Å². The van der Waals surface area contributed by atoms with Gasteiger partial charge in [0, 0.05) is 29.2 Å². The Morgan fingerprint density at radius 3 is 2.56 bits per heavy atom. The minimum atomic E-state index is 0.377. The summed E-state index contributed by atoms with van der Waals surface area (Å²) in [6.45, 7) is 2.25. The third kappa shape index (κ3) is 2.31. The molecule has 0 aromatic carbocycles. The highest BCUT2D eigenvalue weighted by Crippen LogP contribution is 2.32. The van der Waals surface area contributed by atoms with Crippen LogP contribution in [-0.2, 0) is 0 Å². The standard InChI is InChI=1S/C13H16N2S/c1-10(11-5-7-15-8-6-11)13(14-2)12-4-3-9-16-12/h3-10,13-14H,1-2H3. The Hall–Kier alpha value is -1.19. The molecule has 2 heterocycles. The van der Waals surface area contributed by atoms with E-state index in [1.807, 2.05) is 19.4 Å². The fourth-order valence-corrected chi connectivity index (χ4v) is 2.91. The summed E-state index contributed by atoms with van der Waals surface area (Å²) in [5, 5.41) is 5.52. The topological polar surface area (TPSA) is 24.9 Å². The van der Waals surface area contributed by atoms with Gasteiger partial charge in [0.25, 0.3) is 0 Å². The summed E-state index contributed by atoms with van der Waals surface area (Å²) in [5.41, 5.74) is 1.32. The molecule has 84 valence electrons. The second kappa shape index (κ2) is 5.23. The van der Waals surface area contributed by atoms with Crippen molar-refractivity contribution in [3.8, 4) is 0 Å². The number of aromatic nitrogens is 1. The van der Waals surface area contributed by atoms with E-state index >= 15 is 0 Å². The fraction of sp³-hybridized carbons (Fsp3) is 0.308. The Morgan fingerprint density at radius 2 is 2.00 bits per heavy atom. The first-order valence-corrected chi connectivity index (χ1v) is 6.31. The summed E-state index contributed by atoms with van der Waals surface area (Å²) in [7, 11) is 2.02. The Kier molecular flexibility index (Phi) is 3.70. The van der Waals surface area contributed by atoms with Gasteiger partial charge in [-0.15, -0.1) is 11.3 Å². The summed E-state index contributed by atoms with van der Waals surface area (Å²) in [6.07, 6.45) is 3.71. The molecule has 0 spiro atoms. The molecule has 0 bridgehead atoms. The maximum absolute atomic E-state index is 4.06. The molecule has 2 aromatic rings. The number of rotatable bonds is 4. The molecule has 0 aliphatic carbocycles. The minimum absolute atomic E-state index is 0.377. The lowest BCUT2D eigenvalue weighted by Gasteiger charge is -2.22. The van der Waals surface area contributed by atoms with Crippen molar-refractivity contribution in [3.63, 3.8) is 0 Å². The molecule has 1 N–H and O–H groups in total. The molecule has 16 heavy (non-hydrogen) atoms. The van der Waals surface area contributed by atoms with Crippen molar-refractivity contribution in [2.45, 2.75) is 18.9 Å². The third-order valence-electron chi connectivity index (χ3n) is 2.89. The van der Waals surface area contributed by atoms with Gasteiger partial charge in [-0.1, -0.05) is 13.0 Å². The van der Waals surface area contributed by atoms with Crippen molar-refractivity contribution in [1.29, 1.82) is 0 Å². The van der Waals surface area contributed by atoms with Gasteiger partial charge in [-0.2, -0.15) is 0 Å². The van der Waals surface area contributed by atoms with Crippen LogP contribution in [0.3, 0.4) is 0 Å². The molecular formula is C13H16N2S. The SMILES string of the molecule is CNC(c1cccs1)C(C)c1ccncc1. The molecule has 0 aliphatic rings.